The molecule has 2 aromatic rings. The van der Waals surface area contributed by atoms with Crippen LogP contribution in [0, 0.1) is 6.92 Å². The normalized spacial score (nSPS) is 10.5. The second-order valence-electron chi connectivity index (χ2n) is 4.34. The van der Waals surface area contributed by atoms with Crippen LogP contribution in [0.5, 0.6) is 0 Å². The summed E-state index contributed by atoms with van der Waals surface area (Å²) in [5, 5.41) is 13.0. The molecule has 0 aliphatic carbocycles. The van der Waals surface area contributed by atoms with Gasteiger partial charge in [0.05, 0.1) is 11.9 Å². The van der Waals surface area contributed by atoms with E-state index in [1.807, 2.05) is 48.3 Å². The highest BCUT2D eigenvalue weighted by molar-refractivity contribution is 5.66. The van der Waals surface area contributed by atoms with E-state index in [0.29, 0.717) is 6.42 Å². The molecule has 2 rings (SSSR count). The Morgan fingerprint density at radius 1 is 1.39 bits per heavy atom. The van der Waals surface area contributed by atoms with Crippen LogP contribution in [0.4, 0.5) is 0 Å². The number of carboxylic acids is 1. The quantitative estimate of drug-likeness (QED) is 0.879. The fraction of sp³-hybridized carbons (Fsp3) is 0.286. The van der Waals surface area contributed by atoms with Crippen molar-refractivity contribution in [2.45, 2.75) is 26.2 Å². The number of carbonyl (C=O) groups is 1. The molecule has 0 spiro atoms. The lowest BCUT2D eigenvalue weighted by molar-refractivity contribution is -0.137. The molecule has 0 fully saturated rings. The van der Waals surface area contributed by atoms with Gasteiger partial charge in [-0.1, -0.05) is 18.2 Å². The number of aryl methyl sites for hydroxylation is 2. The number of aromatic nitrogens is 2. The number of rotatable bonds is 5. The lowest BCUT2D eigenvalue weighted by Crippen LogP contribution is -2.01. The first-order chi connectivity index (χ1) is 8.66. The van der Waals surface area contributed by atoms with Crippen molar-refractivity contribution in [3.05, 3.63) is 47.8 Å². The molecule has 4 heteroatoms. The molecule has 1 heterocycles. The first-order valence-corrected chi connectivity index (χ1v) is 5.98. The monoisotopic (exact) mass is 244 g/mol. The molecule has 94 valence electrons. The Hall–Kier alpha value is -2.10. The summed E-state index contributed by atoms with van der Waals surface area (Å²) in [4.78, 5) is 10.5. The summed E-state index contributed by atoms with van der Waals surface area (Å²) in [6.45, 7) is 2.00. The third-order valence-corrected chi connectivity index (χ3v) is 2.79. The third-order valence-electron chi connectivity index (χ3n) is 2.79. The Morgan fingerprint density at radius 3 is 2.83 bits per heavy atom. The van der Waals surface area contributed by atoms with E-state index in [2.05, 4.69) is 5.10 Å². The molecule has 0 radical (unpaired) electrons. The van der Waals surface area contributed by atoms with Crippen molar-refractivity contribution < 1.29 is 9.90 Å². The number of carboxylic acid groups (broad SMARTS) is 1. The molecule has 4 nitrogen and oxygen atoms in total. The minimum Gasteiger partial charge on any atom is -0.481 e. The molecule has 0 saturated carbocycles. The van der Waals surface area contributed by atoms with Crippen molar-refractivity contribution in [3.8, 4) is 5.69 Å². The topological polar surface area (TPSA) is 55.1 Å². The maximum absolute atomic E-state index is 10.5. The van der Waals surface area contributed by atoms with Gasteiger partial charge in [-0.15, -0.1) is 0 Å². The van der Waals surface area contributed by atoms with Gasteiger partial charge in [0.2, 0.25) is 0 Å². The number of nitrogens with zero attached hydrogens (tertiary/aromatic N) is 2. The molecule has 1 aromatic heterocycles. The van der Waals surface area contributed by atoms with Crippen LogP contribution in [0.1, 0.15) is 24.0 Å². The van der Waals surface area contributed by atoms with Crippen LogP contribution in [0.25, 0.3) is 5.69 Å². The maximum Gasteiger partial charge on any atom is 0.303 e. The van der Waals surface area contributed by atoms with Gasteiger partial charge in [0.15, 0.2) is 0 Å². The highest BCUT2D eigenvalue weighted by Gasteiger charge is 2.06. The lowest BCUT2D eigenvalue weighted by atomic mass is 10.1. The summed E-state index contributed by atoms with van der Waals surface area (Å²) < 4.78 is 1.84. The molecular formula is C14H16N2O2. The fourth-order valence-corrected chi connectivity index (χ4v) is 1.92. The van der Waals surface area contributed by atoms with Crippen molar-refractivity contribution in [3.63, 3.8) is 0 Å². The number of hydrogen-bond acceptors (Lipinski definition) is 2. The van der Waals surface area contributed by atoms with Crippen molar-refractivity contribution in [2.24, 2.45) is 0 Å². The Bertz CT molecular complexity index is 546. The van der Waals surface area contributed by atoms with E-state index < -0.39 is 5.97 Å². The molecule has 0 bridgehead atoms. The number of benzene rings is 1. The van der Waals surface area contributed by atoms with E-state index in [0.717, 1.165) is 23.2 Å². The smallest absolute Gasteiger partial charge is 0.303 e. The number of aliphatic carboxylic acids is 1. The second-order valence-corrected chi connectivity index (χ2v) is 4.34. The van der Waals surface area contributed by atoms with E-state index >= 15 is 0 Å². The molecule has 1 aromatic carbocycles. The summed E-state index contributed by atoms with van der Waals surface area (Å²) >= 11 is 0. The SMILES string of the molecule is Cc1cnn(-c2ccccc2CCCC(=O)O)c1. The summed E-state index contributed by atoms with van der Waals surface area (Å²) in [7, 11) is 0. The van der Waals surface area contributed by atoms with Crippen LogP contribution >= 0.6 is 0 Å². The van der Waals surface area contributed by atoms with Gasteiger partial charge in [0.25, 0.3) is 0 Å². The van der Waals surface area contributed by atoms with Crippen molar-refractivity contribution in [1.82, 2.24) is 9.78 Å². The largest absolute Gasteiger partial charge is 0.481 e. The van der Waals surface area contributed by atoms with Crippen molar-refractivity contribution in [2.75, 3.05) is 0 Å². The fourth-order valence-electron chi connectivity index (χ4n) is 1.92. The molecule has 0 aliphatic rings. The van der Waals surface area contributed by atoms with E-state index in [1.54, 1.807) is 0 Å². The minimum atomic E-state index is -0.748. The molecule has 0 atom stereocenters. The summed E-state index contributed by atoms with van der Waals surface area (Å²) in [5.74, 6) is -0.748. The van der Waals surface area contributed by atoms with E-state index in [1.165, 1.54) is 0 Å². The van der Waals surface area contributed by atoms with E-state index in [-0.39, 0.29) is 6.42 Å². The molecular weight excluding hydrogens is 228 g/mol. The Morgan fingerprint density at radius 2 is 2.17 bits per heavy atom. The van der Waals surface area contributed by atoms with Crippen molar-refractivity contribution >= 4 is 5.97 Å². The van der Waals surface area contributed by atoms with Crippen LogP contribution in [-0.2, 0) is 11.2 Å². The maximum atomic E-state index is 10.5. The van der Waals surface area contributed by atoms with Gasteiger partial charge >= 0.3 is 5.97 Å². The van der Waals surface area contributed by atoms with Gasteiger partial charge in [0.1, 0.15) is 0 Å². The Labute approximate surface area is 106 Å². The predicted octanol–water partition coefficient (Wildman–Crippen LogP) is 2.59. The Balaban J connectivity index is 2.18. The minimum absolute atomic E-state index is 0.201. The molecule has 18 heavy (non-hydrogen) atoms. The predicted molar refractivity (Wildman–Crippen MR) is 68.9 cm³/mol. The van der Waals surface area contributed by atoms with Crippen molar-refractivity contribution in [1.29, 1.82) is 0 Å². The van der Waals surface area contributed by atoms with Gasteiger partial charge in [-0.3, -0.25) is 4.79 Å². The molecule has 0 aliphatic heterocycles. The van der Waals surface area contributed by atoms with E-state index in [9.17, 15) is 4.79 Å². The zero-order valence-corrected chi connectivity index (χ0v) is 10.3. The molecule has 0 saturated heterocycles. The lowest BCUT2D eigenvalue weighted by Gasteiger charge is -2.08. The summed E-state index contributed by atoms with van der Waals surface area (Å²) in [6, 6.07) is 7.96. The van der Waals surface area contributed by atoms with Crippen LogP contribution in [0.2, 0.25) is 0 Å². The van der Waals surface area contributed by atoms with Crippen LogP contribution in [0.3, 0.4) is 0 Å². The summed E-state index contributed by atoms with van der Waals surface area (Å²) in [5.41, 5.74) is 3.26. The first-order valence-electron chi connectivity index (χ1n) is 5.98. The van der Waals surface area contributed by atoms with E-state index in [4.69, 9.17) is 5.11 Å². The Kier molecular flexibility index (Phi) is 3.77. The first kappa shape index (κ1) is 12.4. The standard InChI is InChI=1S/C14H16N2O2/c1-11-9-15-16(10-11)13-7-3-2-5-12(13)6-4-8-14(17)18/h2-3,5,7,9-10H,4,6,8H2,1H3,(H,17,18). The van der Waals surface area contributed by atoms with Gasteiger partial charge in [-0.25, -0.2) is 4.68 Å². The highest BCUT2D eigenvalue weighted by Crippen LogP contribution is 2.16. The third kappa shape index (κ3) is 2.97. The molecule has 0 amide bonds. The average molecular weight is 244 g/mol. The van der Waals surface area contributed by atoms with Crippen LogP contribution in [-0.4, -0.2) is 20.9 Å². The second kappa shape index (κ2) is 5.49. The number of para-hydroxylation sites is 1. The number of hydrogen-bond donors (Lipinski definition) is 1. The van der Waals surface area contributed by atoms with Gasteiger partial charge in [-0.05, 0) is 37.0 Å². The van der Waals surface area contributed by atoms with Gasteiger partial charge in [-0.2, -0.15) is 5.10 Å². The average Bonchev–Trinajstić information content (AvgIpc) is 2.76. The zero-order valence-electron chi connectivity index (χ0n) is 10.3. The van der Waals surface area contributed by atoms with Gasteiger partial charge < -0.3 is 5.11 Å². The van der Waals surface area contributed by atoms with Crippen LogP contribution < -0.4 is 0 Å². The highest BCUT2D eigenvalue weighted by atomic mass is 16.4. The molecule has 0 unspecified atom stereocenters. The van der Waals surface area contributed by atoms with Crippen LogP contribution in [0.15, 0.2) is 36.7 Å². The molecule has 1 N–H and O–H groups in total. The van der Waals surface area contributed by atoms with Gasteiger partial charge in [0, 0.05) is 12.6 Å². The zero-order chi connectivity index (χ0) is 13.0. The summed E-state index contributed by atoms with van der Waals surface area (Å²) in [6.07, 6.45) is 5.38.